The van der Waals surface area contributed by atoms with Crippen LogP contribution >= 0.6 is 11.3 Å². The summed E-state index contributed by atoms with van der Waals surface area (Å²) in [5.41, 5.74) is 8.18. The SMILES string of the molecule is Cc1ncsc1CN(C)C(=O)c1ccc(CN)o1. The Morgan fingerprint density at radius 2 is 2.33 bits per heavy atom. The number of aryl methyl sites for hydroxylation is 1. The minimum Gasteiger partial charge on any atom is -0.455 e. The molecule has 0 atom stereocenters. The molecule has 0 saturated carbocycles. The Morgan fingerprint density at radius 3 is 2.89 bits per heavy atom. The van der Waals surface area contributed by atoms with E-state index in [9.17, 15) is 4.79 Å². The molecule has 0 unspecified atom stereocenters. The van der Waals surface area contributed by atoms with Gasteiger partial charge in [0, 0.05) is 11.9 Å². The van der Waals surface area contributed by atoms with Gasteiger partial charge >= 0.3 is 0 Å². The van der Waals surface area contributed by atoms with Crippen LogP contribution in [0.2, 0.25) is 0 Å². The van der Waals surface area contributed by atoms with Crippen molar-refractivity contribution >= 4 is 17.2 Å². The summed E-state index contributed by atoms with van der Waals surface area (Å²) < 4.78 is 5.34. The summed E-state index contributed by atoms with van der Waals surface area (Å²) in [6.07, 6.45) is 0. The first-order valence-corrected chi connectivity index (χ1v) is 6.43. The molecule has 6 heteroatoms. The fraction of sp³-hybridized carbons (Fsp3) is 0.333. The maximum Gasteiger partial charge on any atom is 0.289 e. The molecule has 2 aromatic rings. The Kier molecular flexibility index (Phi) is 3.78. The largest absolute Gasteiger partial charge is 0.455 e. The molecule has 0 radical (unpaired) electrons. The van der Waals surface area contributed by atoms with E-state index in [-0.39, 0.29) is 5.91 Å². The molecule has 2 rings (SSSR count). The van der Waals surface area contributed by atoms with Crippen molar-refractivity contribution in [1.82, 2.24) is 9.88 Å². The summed E-state index contributed by atoms with van der Waals surface area (Å²) in [5, 5.41) is 0. The number of nitrogens with zero attached hydrogens (tertiary/aromatic N) is 2. The molecule has 2 N–H and O–H groups in total. The fourth-order valence-corrected chi connectivity index (χ4v) is 2.39. The Labute approximate surface area is 109 Å². The molecule has 0 aliphatic heterocycles. The van der Waals surface area contributed by atoms with Gasteiger partial charge in [-0.2, -0.15) is 0 Å². The highest BCUT2D eigenvalue weighted by Crippen LogP contribution is 2.16. The van der Waals surface area contributed by atoms with Crippen LogP contribution in [0.25, 0.3) is 0 Å². The highest BCUT2D eigenvalue weighted by atomic mass is 32.1. The predicted octanol–water partition coefficient (Wildman–Crippen LogP) is 1.78. The molecular weight excluding hydrogens is 250 g/mol. The fourth-order valence-electron chi connectivity index (χ4n) is 1.56. The van der Waals surface area contributed by atoms with E-state index < -0.39 is 0 Å². The smallest absolute Gasteiger partial charge is 0.289 e. The van der Waals surface area contributed by atoms with Gasteiger partial charge in [-0.25, -0.2) is 4.98 Å². The first kappa shape index (κ1) is 12.8. The van der Waals surface area contributed by atoms with Crippen LogP contribution in [0.3, 0.4) is 0 Å². The molecule has 2 heterocycles. The van der Waals surface area contributed by atoms with Gasteiger partial charge in [0.1, 0.15) is 5.76 Å². The number of furan rings is 1. The van der Waals surface area contributed by atoms with Crippen molar-refractivity contribution in [3.05, 3.63) is 39.7 Å². The predicted molar refractivity (Wildman–Crippen MR) is 69.2 cm³/mol. The zero-order chi connectivity index (χ0) is 13.1. The lowest BCUT2D eigenvalue weighted by molar-refractivity contribution is 0.0752. The van der Waals surface area contributed by atoms with Gasteiger partial charge in [-0.15, -0.1) is 11.3 Å². The maximum atomic E-state index is 12.1. The minimum atomic E-state index is -0.150. The molecule has 0 aromatic carbocycles. The van der Waals surface area contributed by atoms with Gasteiger partial charge in [0.05, 0.1) is 24.3 Å². The van der Waals surface area contributed by atoms with Crippen molar-refractivity contribution < 1.29 is 9.21 Å². The van der Waals surface area contributed by atoms with Gasteiger partial charge < -0.3 is 15.1 Å². The number of carbonyl (C=O) groups is 1. The van der Waals surface area contributed by atoms with Gasteiger partial charge in [0.2, 0.25) is 0 Å². The van der Waals surface area contributed by atoms with E-state index >= 15 is 0 Å². The molecule has 5 nitrogen and oxygen atoms in total. The molecule has 96 valence electrons. The number of aromatic nitrogens is 1. The van der Waals surface area contributed by atoms with Gasteiger partial charge in [-0.3, -0.25) is 4.79 Å². The Bertz CT molecular complexity index is 547. The van der Waals surface area contributed by atoms with Gasteiger partial charge in [-0.05, 0) is 19.1 Å². The molecule has 0 aliphatic rings. The minimum absolute atomic E-state index is 0.150. The quantitative estimate of drug-likeness (QED) is 0.914. The molecule has 1 amide bonds. The van der Waals surface area contributed by atoms with Gasteiger partial charge in [0.15, 0.2) is 5.76 Å². The van der Waals surface area contributed by atoms with E-state index in [2.05, 4.69) is 4.98 Å². The lowest BCUT2D eigenvalue weighted by atomic mass is 10.3. The van der Waals surface area contributed by atoms with Crippen LogP contribution in [0.5, 0.6) is 0 Å². The average molecular weight is 265 g/mol. The van der Waals surface area contributed by atoms with Crippen molar-refractivity contribution in [2.75, 3.05) is 7.05 Å². The van der Waals surface area contributed by atoms with E-state index in [4.69, 9.17) is 10.2 Å². The second-order valence-electron chi connectivity index (χ2n) is 3.99. The summed E-state index contributed by atoms with van der Waals surface area (Å²) >= 11 is 1.54. The molecule has 0 aliphatic carbocycles. The van der Waals surface area contributed by atoms with E-state index in [1.165, 1.54) is 0 Å². The second-order valence-corrected chi connectivity index (χ2v) is 4.93. The van der Waals surface area contributed by atoms with Crippen LogP contribution in [-0.4, -0.2) is 22.8 Å². The number of thiazole rings is 1. The van der Waals surface area contributed by atoms with Crippen molar-refractivity contribution in [3.8, 4) is 0 Å². The van der Waals surface area contributed by atoms with Crippen LogP contribution in [0.1, 0.15) is 26.9 Å². The third-order valence-electron chi connectivity index (χ3n) is 2.65. The topological polar surface area (TPSA) is 72.4 Å². The first-order chi connectivity index (χ1) is 8.61. The third-order valence-corrected chi connectivity index (χ3v) is 3.57. The van der Waals surface area contributed by atoms with Crippen molar-refractivity contribution in [1.29, 1.82) is 0 Å². The number of hydrogen-bond donors (Lipinski definition) is 1. The summed E-state index contributed by atoms with van der Waals surface area (Å²) in [6.45, 7) is 2.77. The highest BCUT2D eigenvalue weighted by molar-refractivity contribution is 7.09. The summed E-state index contributed by atoms with van der Waals surface area (Å²) in [5.74, 6) is 0.781. The Hall–Kier alpha value is -1.66. The number of carbonyl (C=O) groups excluding carboxylic acids is 1. The van der Waals surface area contributed by atoms with E-state index in [0.717, 1.165) is 10.6 Å². The monoisotopic (exact) mass is 265 g/mol. The third kappa shape index (κ3) is 2.60. The van der Waals surface area contributed by atoms with Crippen LogP contribution in [0.15, 0.2) is 22.1 Å². The standard InChI is InChI=1S/C12H15N3O2S/c1-8-11(18-7-14-8)6-15(2)12(16)10-4-3-9(5-13)17-10/h3-4,7H,5-6,13H2,1-2H3. The average Bonchev–Trinajstić information content (AvgIpc) is 2.98. The van der Waals surface area contributed by atoms with Crippen LogP contribution < -0.4 is 5.73 Å². The summed E-state index contributed by atoms with van der Waals surface area (Å²) in [4.78, 5) is 18.9. The summed E-state index contributed by atoms with van der Waals surface area (Å²) in [6, 6.07) is 3.37. The van der Waals surface area contributed by atoms with Crippen molar-refractivity contribution in [3.63, 3.8) is 0 Å². The molecule has 2 aromatic heterocycles. The molecule has 0 fully saturated rings. The maximum absolute atomic E-state index is 12.1. The number of amides is 1. The first-order valence-electron chi connectivity index (χ1n) is 5.55. The highest BCUT2D eigenvalue weighted by Gasteiger charge is 2.17. The number of rotatable bonds is 4. The van der Waals surface area contributed by atoms with E-state index in [1.54, 1.807) is 40.9 Å². The van der Waals surface area contributed by atoms with Crippen molar-refractivity contribution in [2.45, 2.75) is 20.0 Å². The van der Waals surface area contributed by atoms with Crippen LogP contribution in [0, 0.1) is 6.92 Å². The molecule has 0 saturated heterocycles. The molecule has 0 spiro atoms. The summed E-state index contributed by atoms with van der Waals surface area (Å²) in [7, 11) is 1.74. The lowest BCUT2D eigenvalue weighted by Gasteiger charge is -2.14. The van der Waals surface area contributed by atoms with E-state index in [1.807, 2.05) is 6.92 Å². The number of hydrogen-bond acceptors (Lipinski definition) is 5. The normalized spacial score (nSPS) is 10.6. The lowest BCUT2D eigenvalue weighted by Crippen LogP contribution is -2.25. The Balaban J connectivity index is 2.07. The molecule has 0 bridgehead atoms. The van der Waals surface area contributed by atoms with Crippen LogP contribution in [0.4, 0.5) is 0 Å². The number of nitrogens with two attached hydrogens (primary N) is 1. The second kappa shape index (κ2) is 5.32. The van der Waals surface area contributed by atoms with Gasteiger partial charge in [0.25, 0.3) is 5.91 Å². The van der Waals surface area contributed by atoms with E-state index in [0.29, 0.717) is 24.6 Å². The van der Waals surface area contributed by atoms with Crippen molar-refractivity contribution in [2.24, 2.45) is 5.73 Å². The molecule has 18 heavy (non-hydrogen) atoms. The Morgan fingerprint density at radius 1 is 1.56 bits per heavy atom. The molecular formula is C12H15N3O2S. The van der Waals surface area contributed by atoms with Gasteiger partial charge in [-0.1, -0.05) is 0 Å². The van der Waals surface area contributed by atoms with Crippen LogP contribution in [-0.2, 0) is 13.1 Å². The zero-order valence-electron chi connectivity index (χ0n) is 10.3. The zero-order valence-corrected chi connectivity index (χ0v) is 11.2.